The molecule has 0 aliphatic carbocycles. The molecule has 0 fully saturated rings. The highest BCUT2D eigenvalue weighted by Crippen LogP contribution is 2.18. The molecular formula is C60H116O6. The second-order valence-corrected chi connectivity index (χ2v) is 20.6. The normalized spacial score (nSPS) is 11.5. The Kier molecular flexibility index (Phi) is 54.7. The van der Waals surface area contributed by atoms with E-state index >= 15 is 0 Å². The second kappa shape index (κ2) is 56.0. The minimum atomic E-state index is -0.761. The largest absolute Gasteiger partial charge is 0.462 e. The first-order valence-electron chi connectivity index (χ1n) is 30.0. The molecule has 6 nitrogen and oxygen atoms in total. The maximum absolute atomic E-state index is 12.9. The highest BCUT2D eigenvalue weighted by molar-refractivity contribution is 5.71. The lowest BCUT2D eigenvalue weighted by atomic mass is 10.0. The van der Waals surface area contributed by atoms with E-state index in [0.29, 0.717) is 19.3 Å². The van der Waals surface area contributed by atoms with Crippen LogP contribution in [0.2, 0.25) is 0 Å². The van der Waals surface area contributed by atoms with E-state index in [1.165, 1.54) is 250 Å². The van der Waals surface area contributed by atoms with Gasteiger partial charge >= 0.3 is 17.9 Å². The fraction of sp³-hybridized carbons (Fsp3) is 0.950. The van der Waals surface area contributed by atoms with Crippen molar-refractivity contribution in [2.24, 2.45) is 0 Å². The van der Waals surface area contributed by atoms with Gasteiger partial charge in [0.2, 0.25) is 0 Å². The molecule has 0 heterocycles. The van der Waals surface area contributed by atoms with Crippen LogP contribution in [-0.4, -0.2) is 37.2 Å². The maximum Gasteiger partial charge on any atom is 0.306 e. The Morgan fingerprint density at radius 1 is 0.242 bits per heavy atom. The van der Waals surface area contributed by atoms with Crippen molar-refractivity contribution in [3.05, 3.63) is 0 Å². The third-order valence-corrected chi connectivity index (χ3v) is 13.9. The third kappa shape index (κ3) is 53.4. The summed E-state index contributed by atoms with van der Waals surface area (Å²) in [6.45, 7) is 6.72. The predicted molar refractivity (Wildman–Crippen MR) is 284 cm³/mol. The molecule has 0 aromatic carbocycles. The van der Waals surface area contributed by atoms with E-state index in [-0.39, 0.29) is 31.1 Å². The Morgan fingerprint density at radius 2 is 0.409 bits per heavy atom. The van der Waals surface area contributed by atoms with E-state index < -0.39 is 6.10 Å². The molecule has 0 atom stereocenters. The van der Waals surface area contributed by atoms with Crippen molar-refractivity contribution in [3.8, 4) is 0 Å². The molecule has 0 N–H and O–H groups in total. The molecule has 0 bridgehead atoms. The van der Waals surface area contributed by atoms with Crippen LogP contribution in [0, 0.1) is 0 Å². The first kappa shape index (κ1) is 64.4. The molecule has 0 saturated heterocycles. The Hall–Kier alpha value is -1.59. The second-order valence-electron chi connectivity index (χ2n) is 20.6. The van der Waals surface area contributed by atoms with Crippen LogP contribution in [0.25, 0.3) is 0 Å². The number of rotatable bonds is 56. The van der Waals surface area contributed by atoms with Crippen LogP contribution >= 0.6 is 0 Å². The van der Waals surface area contributed by atoms with Gasteiger partial charge in [-0.3, -0.25) is 14.4 Å². The van der Waals surface area contributed by atoms with Gasteiger partial charge in [0.25, 0.3) is 0 Å². The zero-order valence-electron chi connectivity index (χ0n) is 45.0. The van der Waals surface area contributed by atoms with Gasteiger partial charge in [-0.2, -0.15) is 0 Å². The van der Waals surface area contributed by atoms with Crippen molar-refractivity contribution in [2.75, 3.05) is 13.2 Å². The molecule has 0 aromatic heterocycles. The highest BCUT2D eigenvalue weighted by Gasteiger charge is 2.19. The SMILES string of the molecule is CCCCCCCCCCCCCCCCCCC(=O)OCC(COC(=O)CCCCCCCCCCCCCCCCCC)OC(=O)CCCCCCCCCCCCCCCCCC. The summed E-state index contributed by atoms with van der Waals surface area (Å²) in [5.74, 6) is -0.828. The lowest BCUT2D eigenvalue weighted by Gasteiger charge is -2.18. The summed E-state index contributed by atoms with van der Waals surface area (Å²) in [5, 5.41) is 0. The minimum absolute atomic E-state index is 0.0608. The Morgan fingerprint density at radius 3 is 0.606 bits per heavy atom. The molecular weight excluding hydrogens is 817 g/mol. The molecule has 0 unspecified atom stereocenters. The molecule has 0 aromatic rings. The number of carbonyl (C=O) groups excluding carboxylic acids is 3. The van der Waals surface area contributed by atoms with Gasteiger partial charge in [-0.05, 0) is 19.3 Å². The van der Waals surface area contributed by atoms with E-state index in [2.05, 4.69) is 20.8 Å². The van der Waals surface area contributed by atoms with E-state index in [1.807, 2.05) is 0 Å². The summed E-state index contributed by atoms with van der Waals surface area (Å²) >= 11 is 0. The van der Waals surface area contributed by atoms with Crippen molar-refractivity contribution >= 4 is 17.9 Å². The van der Waals surface area contributed by atoms with Crippen LogP contribution in [0.1, 0.15) is 348 Å². The summed E-state index contributed by atoms with van der Waals surface area (Å²) in [5.41, 5.74) is 0. The molecule has 0 saturated carbocycles. The van der Waals surface area contributed by atoms with Crippen LogP contribution in [0.3, 0.4) is 0 Å². The van der Waals surface area contributed by atoms with Gasteiger partial charge in [-0.1, -0.05) is 310 Å². The van der Waals surface area contributed by atoms with E-state index in [4.69, 9.17) is 14.2 Å². The number of ether oxygens (including phenoxy) is 3. The maximum atomic E-state index is 12.9. The number of unbranched alkanes of at least 4 members (excludes halogenated alkanes) is 45. The molecule has 0 aliphatic heterocycles. The van der Waals surface area contributed by atoms with Crippen molar-refractivity contribution in [1.82, 2.24) is 0 Å². The topological polar surface area (TPSA) is 78.9 Å². The first-order valence-corrected chi connectivity index (χ1v) is 30.0. The zero-order valence-corrected chi connectivity index (χ0v) is 45.0. The average molecular weight is 934 g/mol. The number of esters is 3. The zero-order chi connectivity index (χ0) is 47.9. The lowest BCUT2D eigenvalue weighted by molar-refractivity contribution is -0.167. The summed E-state index contributed by atoms with van der Waals surface area (Å²) < 4.78 is 16.9. The van der Waals surface area contributed by atoms with Crippen molar-refractivity contribution in [1.29, 1.82) is 0 Å². The summed E-state index contributed by atoms with van der Waals surface area (Å²) in [6, 6.07) is 0. The van der Waals surface area contributed by atoms with Gasteiger partial charge in [-0.15, -0.1) is 0 Å². The summed E-state index contributed by atoms with van der Waals surface area (Å²) in [7, 11) is 0. The predicted octanol–water partition coefficient (Wildman–Crippen LogP) is 19.9. The summed E-state index contributed by atoms with van der Waals surface area (Å²) in [4.78, 5) is 38.2. The van der Waals surface area contributed by atoms with Gasteiger partial charge in [0.1, 0.15) is 13.2 Å². The van der Waals surface area contributed by atoms with Gasteiger partial charge in [0.05, 0.1) is 0 Å². The van der Waals surface area contributed by atoms with Gasteiger partial charge in [-0.25, -0.2) is 0 Å². The van der Waals surface area contributed by atoms with Crippen LogP contribution < -0.4 is 0 Å². The van der Waals surface area contributed by atoms with Crippen molar-refractivity contribution in [2.45, 2.75) is 354 Å². The number of carbonyl (C=O) groups is 3. The first-order chi connectivity index (χ1) is 32.5. The monoisotopic (exact) mass is 933 g/mol. The number of hydrogen-bond acceptors (Lipinski definition) is 6. The molecule has 0 amide bonds. The molecule has 66 heavy (non-hydrogen) atoms. The molecule has 392 valence electrons. The molecule has 0 rings (SSSR count). The van der Waals surface area contributed by atoms with Gasteiger partial charge in [0.15, 0.2) is 6.10 Å². The number of hydrogen-bond donors (Lipinski definition) is 0. The van der Waals surface area contributed by atoms with Crippen LogP contribution in [0.4, 0.5) is 0 Å². The molecule has 0 spiro atoms. The van der Waals surface area contributed by atoms with Crippen molar-refractivity contribution in [3.63, 3.8) is 0 Å². The molecule has 0 radical (unpaired) electrons. The van der Waals surface area contributed by atoms with E-state index in [1.54, 1.807) is 0 Å². The van der Waals surface area contributed by atoms with Gasteiger partial charge < -0.3 is 14.2 Å². The fourth-order valence-corrected chi connectivity index (χ4v) is 9.33. The summed E-state index contributed by atoms with van der Waals surface area (Å²) in [6.07, 6.45) is 62.3. The fourth-order valence-electron chi connectivity index (χ4n) is 9.33. The van der Waals surface area contributed by atoms with E-state index in [0.717, 1.165) is 57.8 Å². The van der Waals surface area contributed by atoms with Crippen LogP contribution in [0.15, 0.2) is 0 Å². The third-order valence-electron chi connectivity index (χ3n) is 13.9. The quantitative estimate of drug-likeness (QED) is 0.0343. The lowest BCUT2D eigenvalue weighted by Crippen LogP contribution is -2.30. The van der Waals surface area contributed by atoms with Gasteiger partial charge in [0, 0.05) is 19.3 Å². The van der Waals surface area contributed by atoms with Crippen LogP contribution in [0.5, 0.6) is 0 Å². The Labute approximate surface area is 412 Å². The Balaban J connectivity index is 4.29. The Bertz CT molecular complexity index is 930. The minimum Gasteiger partial charge on any atom is -0.462 e. The molecule has 0 aliphatic rings. The van der Waals surface area contributed by atoms with E-state index in [9.17, 15) is 14.4 Å². The standard InChI is InChI=1S/C60H116O6/c1-4-7-10-13-16-19-22-25-28-31-34-37-40-43-46-49-52-58(61)64-55-57(66-60(63)54-51-48-45-42-39-36-33-30-27-24-21-18-15-12-9-6-3)56-65-59(62)53-50-47-44-41-38-35-32-29-26-23-20-17-14-11-8-5-2/h57H,4-56H2,1-3H3. The molecule has 6 heteroatoms. The van der Waals surface area contributed by atoms with Crippen molar-refractivity contribution < 1.29 is 28.6 Å². The smallest absolute Gasteiger partial charge is 0.306 e. The average Bonchev–Trinajstić information content (AvgIpc) is 3.31. The highest BCUT2D eigenvalue weighted by atomic mass is 16.6. The van der Waals surface area contributed by atoms with Crippen LogP contribution in [-0.2, 0) is 28.6 Å².